The predicted octanol–water partition coefficient (Wildman–Crippen LogP) is 3.49. The van der Waals surface area contributed by atoms with Gasteiger partial charge in [-0.3, -0.25) is 9.10 Å². The zero-order valence-corrected chi connectivity index (χ0v) is 18.7. The number of carbonyl (C=O) groups is 1. The van der Waals surface area contributed by atoms with E-state index in [1.807, 2.05) is 24.3 Å². The van der Waals surface area contributed by atoms with Gasteiger partial charge in [-0.1, -0.05) is 18.2 Å². The number of fused-ring (bicyclic) bond motifs is 2. The summed E-state index contributed by atoms with van der Waals surface area (Å²) in [5.41, 5.74) is 2.93. The van der Waals surface area contributed by atoms with E-state index in [0.717, 1.165) is 11.3 Å². The van der Waals surface area contributed by atoms with Crippen LogP contribution >= 0.6 is 0 Å². The van der Waals surface area contributed by atoms with Crippen LogP contribution in [-0.4, -0.2) is 34.3 Å². The van der Waals surface area contributed by atoms with Gasteiger partial charge in [0.2, 0.25) is 6.79 Å². The van der Waals surface area contributed by atoms with E-state index < -0.39 is 10.0 Å². The molecular weight excluding hydrogens is 444 g/mol. The fourth-order valence-corrected chi connectivity index (χ4v) is 5.53. The number of sulfonamides is 1. The van der Waals surface area contributed by atoms with Crippen LogP contribution in [0.15, 0.2) is 65.6 Å². The highest BCUT2D eigenvalue weighted by Crippen LogP contribution is 2.35. The Bertz CT molecular complexity index is 1340. The van der Waals surface area contributed by atoms with Crippen LogP contribution < -0.4 is 23.8 Å². The molecule has 8 nitrogen and oxygen atoms in total. The SMILES string of the molecule is Cc1cc(S(=O)(=O)N2CCc3ccccc32)ccc1OCC(=O)Nc1ccc2c(c1)OCO2. The first kappa shape index (κ1) is 21.1. The number of hydrogen-bond acceptors (Lipinski definition) is 6. The number of ether oxygens (including phenoxy) is 3. The number of nitrogens with zero attached hydrogens (tertiary/aromatic N) is 1. The van der Waals surface area contributed by atoms with E-state index in [-0.39, 0.29) is 24.2 Å². The van der Waals surface area contributed by atoms with Crippen molar-refractivity contribution in [3.05, 3.63) is 71.8 Å². The average Bonchev–Trinajstić information content (AvgIpc) is 3.45. The van der Waals surface area contributed by atoms with Gasteiger partial charge in [0.25, 0.3) is 15.9 Å². The lowest BCUT2D eigenvalue weighted by Gasteiger charge is -2.20. The lowest BCUT2D eigenvalue weighted by Crippen LogP contribution is -2.29. The van der Waals surface area contributed by atoms with Crippen LogP contribution in [0, 0.1) is 6.92 Å². The summed E-state index contributed by atoms with van der Waals surface area (Å²) in [6, 6.07) is 17.3. The number of rotatable bonds is 6. The third-order valence-corrected chi connectivity index (χ3v) is 7.40. The van der Waals surface area contributed by atoms with E-state index >= 15 is 0 Å². The molecule has 170 valence electrons. The summed E-state index contributed by atoms with van der Waals surface area (Å²) in [6.45, 7) is 2.10. The van der Waals surface area contributed by atoms with Crippen molar-refractivity contribution in [3.63, 3.8) is 0 Å². The fourth-order valence-electron chi connectivity index (χ4n) is 3.94. The topological polar surface area (TPSA) is 94.2 Å². The first-order chi connectivity index (χ1) is 15.9. The van der Waals surface area contributed by atoms with Gasteiger partial charge in [-0.15, -0.1) is 0 Å². The molecule has 1 N–H and O–H groups in total. The van der Waals surface area contributed by atoms with Crippen molar-refractivity contribution in [2.24, 2.45) is 0 Å². The zero-order valence-electron chi connectivity index (χ0n) is 17.9. The Labute approximate surface area is 191 Å². The van der Waals surface area contributed by atoms with E-state index in [2.05, 4.69) is 5.32 Å². The first-order valence-electron chi connectivity index (χ1n) is 10.5. The highest BCUT2D eigenvalue weighted by atomic mass is 32.2. The molecule has 0 aromatic heterocycles. The lowest BCUT2D eigenvalue weighted by molar-refractivity contribution is -0.118. The van der Waals surface area contributed by atoms with Gasteiger partial charge in [0.05, 0.1) is 10.6 Å². The van der Waals surface area contributed by atoms with Gasteiger partial charge in [0.15, 0.2) is 18.1 Å². The van der Waals surface area contributed by atoms with Crippen molar-refractivity contribution < 1.29 is 27.4 Å². The average molecular weight is 467 g/mol. The number of nitrogens with one attached hydrogen (secondary N) is 1. The van der Waals surface area contributed by atoms with Gasteiger partial charge < -0.3 is 19.5 Å². The second-order valence-electron chi connectivity index (χ2n) is 7.79. The molecule has 0 radical (unpaired) electrons. The molecular formula is C24H22N2O6S. The number of hydrogen-bond donors (Lipinski definition) is 1. The second kappa shape index (κ2) is 8.32. The Balaban J connectivity index is 1.25. The molecule has 0 atom stereocenters. The largest absolute Gasteiger partial charge is 0.483 e. The van der Waals surface area contributed by atoms with E-state index in [1.165, 1.54) is 10.4 Å². The molecule has 0 saturated heterocycles. The molecule has 3 aromatic rings. The van der Waals surface area contributed by atoms with E-state index in [1.54, 1.807) is 37.3 Å². The standard InChI is InChI=1S/C24H22N2O6S/c1-16-12-19(33(28,29)26-11-10-17-4-2-3-5-20(17)26)7-9-21(16)30-14-24(27)25-18-6-8-22-23(13-18)32-15-31-22/h2-9,12-13H,10-11,14-15H2,1H3,(H,25,27). The Hall–Kier alpha value is -3.72. The van der Waals surface area contributed by atoms with Gasteiger partial charge >= 0.3 is 0 Å². The molecule has 1 amide bonds. The molecule has 9 heteroatoms. The summed E-state index contributed by atoms with van der Waals surface area (Å²) in [4.78, 5) is 12.5. The normalized spacial score (nSPS) is 14.2. The quantitative estimate of drug-likeness (QED) is 0.598. The van der Waals surface area contributed by atoms with Crippen molar-refractivity contribution in [2.75, 3.05) is 29.6 Å². The first-order valence-corrected chi connectivity index (χ1v) is 11.9. The van der Waals surface area contributed by atoms with Crippen LogP contribution in [0.5, 0.6) is 17.2 Å². The molecule has 2 aliphatic heterocycles. The summed E-state index contributed by atoms with van der Waals surface area (Å²) in [5, 5.41) is 2.74. The van der Waals surface area contributed by atoms with Crippen molar-refractivity contribution in [1.82, 2.24) is 0 Å². The van der Waals surface area contributed by atoms with Crippen molar-refractivity contribution in [1.29, 1.82) is 0 Å². The number of carbonyl (C=O) groups excluding carboxylic acids is 1. The van der Waals surface area contributed by atoms with Crippen LogP contribution in [0.1, 0.15) is 11.1 Å². The van der Waals surface area contributed by atoms with Crippen LogP contribution in [0.3, 0.4) is 0 Å². The Morgan fingerprint density at radius 1 is 1.06 bits per heavy atom. The molecule has 0 fully saturated rings. The van der Waals surface area contributed by atoms with Crippen LogP contribution in [0.2, 0.25) is 0 Å². The van der Waals surface area contributed by atoms with Crippen molar-refractivity contribution in [3.8, 4) is 17.2 Å². The zero-order chi connectivity index (χ0) is 23.0. The fraction of sp³-hybridized carbons (Fsp3) is 0.208. The minimum absolute atomic E-state index is 0.158. The molecule has 0 aliphatic carbocycles. The lowest BCUT2D eigenvalue weighted by atomic mass is 10.2. The second-order valence-corrected chi connectivity index (χ2v) is 9.65. The van der Waals surface area contributed by atoms with Gasteiger partial charge in [-0.25, -0.2) is 8.42 Å². The highest BCUT2D eigenvalue weighted by molar-refractivity contribution is 7.92. The summed E-state index contributed by atoms with van der Waals surface area (Å²) in [5.74, 6) is 1.30. The summed E-state index contributed by atoms with van der Waals surface area (Å²) < 4.78 is 44.1. The maximum Gasteiger partial charge on any atom is 0.264 e. The number of amides is 1. The van der Waals surface area contributed by atoms with Gasteiger partial charge in [0, 0.05) is 18.3 Å². The van der Waals surface area contributed by atoms with Crippen LogP contribution in [0.4, 0.5) is 11.4 Å². The molecule has 0 unspecified atom stereocenters. The Morgan fingerprint density at radius 3 is 2.73 bits per heavy atom. The molecule has 3 aromatic carbocycles. The highest BCUT2D eigenvalue weighted by Gasteiger charge is 2.30. The molecule has 33 heavy (non-hydrogen) atoms. The molecule has 0 saturated carbocycles. The molecule has 0 bridgehead atoms. The number of para-hydroxylation sites is 1. The minimum Gasteiger partial charge on any atom is -0.483 e. The van der Waals surface area contributed by atoms with Gasteiger partial charge in [-0.2, -0.15) is 0 Å². The van der Waals surface area contributed by atoms with Crippen molar-refractivity contribution >= 4 is 27.3 Å². The van der Waals surface area contributed by atoms with E-state index in [9.17, 15) is 13.2 Å². The van der Waals surface area contributed by atoms with Crippen molar-refractivity contribution in [2.45, 2.75) is 18.2 Å². The van der Waals surface area contributed by atoms with E-state index in [4.69, 9.17) is 14.2 Å². The maximum atomic E-state index is 13.2. The monoisotopic (exact) mass is 466 g/mol. The van der Waals surface area contributed by atoms with Crippen LogP contribution in [-0.2, 0) is 21.2 Å². The molecule has 5 rings (SSSR count). The minimum atomic E-state index is -3.69. The van der Waals surface area contributed by atoms with Crippen LogP contribution in [0.25, 0.3) is 0 Å². The molecule has 2 heterocycles. The van der Waals surface area contributed by atoms with E-state index in [0.29, 0.717) is 41.5 Å². The predicted molar refractivity (Wildman–Crippen MR) is 123 cm³/mol. The Kier molecular flexibility index (Phi) is 5.33. The summed E-state index contributed by atoms with van der Waals surface area (Å²) in [7, 11) is -3.69. The van der Waals surface area contributed by atoms with Gasteiger partial charge in [0.1, 0.15) is 5.75 Å². The molecule has 0 spiro atoms. The smallest absolute Gasteiger partial charge is 0.264 e. The maximum absolute atomic E-state index is 13.2. The third kappa shape index (κ3) is 4.07. The summed E-state index contributed by atoms with van der Waals surface area (Å²) >= 11 is 0. The third-order valence-electron chi connectivity index (χ3n) is 5.59. The number of anilines is 2. The van der Waals surface area contributed by atoms with Gasteiger partial charge in [-0.05, 0) is 60.9 Å². The molecule has 2 aliphatic rings. The number of aryl methyl sites for hydroxylation is 1. The number of benzene rings is 3. The summed E-state index contributed by atoms with van der Waals surface area (Å²) in [6.07, 6.45) is 0.689. The Morgan fingerprint density at radius 2 is 1.88 bits per heavy atom.